The second kappa shape index (κ2) is 6.15. The van der Waals surface area contributed by atoms with Gasteiger partial charge in [-0.1, -0.05) is 0 Å². The van der Waals surface area contributed by atoms with E-state index in [1.165, 1.54) is 12.1 Å². The zero-order chi connectivity index (χ0) is 19.2. The molecule has 0 fully saturated rings. The van der Waals surface area contributed by atoms with Crippen molar-refractivity contribution in [3.63, 3.8) is 0 Å². The molecule has 138 valence electrons. The Morgan fingerprint density at radius 1 is 1.00 bits per heavy atom. The number of alkyl halides is 3. The van der Waals surface area contributed by atoms with Gasteiger partial charge in [0.2, 0.25) is 0 Å². The molecule has 0 spiro atoms. The fraction of sp³-hybridized carbons (Fsp3) is 0.158. The number of hydrogen-bond acceptors (Lipinski definition) is 3. The van der Waals surface area contributed by atoms with Crippen LogP contribution in [0.1, 0.15) is 5.56 Å². The highest BCUT2D eigenvalue weighted by Crippen LogP contribution is 2.29. The van der Waals surface area contributed by atoms with Crippen molar-refractivity contribution in [3.05, 3.63) is 60.6 Å². The normalized spacial score (nSPS) is 11.9. The SMILES string of the molecule is Cc1cn(-c2cnn(C)c2)c2nc(-c3ccc(OC(F)(F)F)cc3)ccc12. The average Bonchev–Trinajstić information content (AvgIpc) is 3.17. The molecule has 0 bridgehead atoms. The van der Waals surface area contributed by atoms with Crippen LogP contribution in [-0.4, -0.2) is 25.7 Å². The summed E-state index contributed by atoms with van der Waals surface area (Å²) in [4.78, 5) is 4.72. The molecule has 3 heterocycles. The molecule has 0 N–H and O–H groups in total. The minimum atomic E-state index is -4.71. The highest BCUT2D eigenvalue weighted by Gasteiger charge is 2.31. The molecule has 4 aromatic rings. The molecule has 0 saturated carbocycles. The standard InChI is InChI=1S/C19H15F3N4O/c1-12-10-26(14-9-23-25(2)11-14)18-16(12)7-8-17(24-18)13-3-5-15(6-4-13)27-19(20,21)22/h3-11H,1-2H3. The molecule has 0 radical (unpaired) electrons. The van der Waals surface area contributed by atoms with Crippen LogP contribution in [0, 0.1) is 6.92 Å². The van der Waals surface area contributed by atoms with Gasteiger partial charge in [-0.3, -0.25) is 9.25 Å². The Kier molecular flexibility index (Phi) is 3.91. The smallest absolute Gasteiger partial charge is 0.406 e. The van der Waals surface area contributed by atoms with E-state index < -0.39 is 6.36 Å². The van der Waals surface area contributed by atoms with Crippen molar-refractivity contribution < 1.29 is 17.9 Å². The first-order valence-electron chi connectivity index (χ1n) is 8.14. The highest BCUT2D eigenvalue weighted by molar-refractivity contribution is 5.84. The number of hydrogen-bond donors (Lipinski definition) is 0. The quantitative estimate of drug-likeness (QED) is 0.527. The van der Waals surface area contributed by atoms with Crippen molar-refractivity contribution in [3.8, 4) is 22.7 Å². The van der Waals surface area contributed by atoms with Crippen molar-refractivity contribution in [1.29, 1.82) is 0 Å². The van der Waals surface area contributed by atoms with Crippen LogP contribution in [0.5, 0.6) is 5.75 Å². The molecule has 0 aliphatic rings. The summed E-state index contributed by atoms with van der Waals surface area (Å²) in [5, 5.41) is 5.19. The number of nitrogens with zero attached hydrogens (tertiary/aromatic N) is 4. The molecule has 0 aliphatic carbocycles. The van der Waals surface area contributed by atoms with Gasteiger partial charge in [-0.25, -0.2) is 4.98 Å². The van der Waals surface area contributed by atoms with Crippen LogP contribution in [-0.2, 0) is 7.05 Å². The zero-order valence-corrected chi connectivity index (χ0v) is 14.5. The molecule has 0 atom stereocenters. The molecule has 0 amide bonds. The topological polar surface area (TPSA) is 44.9 Å². The third-order valence-corrected chi connectivity index (χ3v) is 4.20. The van der Waals surface area contributed by atoms with E-state index in [4.69, 9.17) is 4.98 Å². The lowest BCUT2D eigenvalue weighted by molar-refractivity contribution is -0.274. The monoisotopic (exact) mass is 372 g/mol. The number of ether oxygens (including phenoxy) is 1. The van der Waals surface area contributed by atoms with Crippen molar-refractivity contribution in [2.75, 3.05) is 0 Å². The van der Waals surface area contributed by atoms with Crippen LogP contribution in [0.25, 0.3) is 28.0 Å². The van der Waals surface area contributed by atoms with E-state index in [2.05, 4.69) is 9.84 Å². The Bertz CT molecular complexity index is 1110. The van der Waals surface area contributed by atoms with E-state index in [0.717, 1.165) is 22.3 Å². The van der Waals surface area contributed by atoms with Crippen molar-refractivity contribution in [2.45, 2.75) is 13.3 Å². The molecule has 8 heteroatoms. The lowest BCUT2D eigenvalue weighted by Gasteiger charge is -2.09. The zero-order valence-electron chi connectivity index (χ0n) is 14.5. The summed E-state index contributed by atoms with van der Waals surface area (Å²) in [6.07, 6.45) is 0.909. The molecule has 0 unspecified atom stereocenters. The second-order valence-electron chi connectivity index (χ2n) is 6.19. The van der Waals surface area contributed by atoms with E-state index in [1.807, 2.05) is 43.1 Å². The minimum Gasteiger partial charge on any atom is -0.406 e. The van der Waals surface area contributed by atoms with E-state index in [9.17, 15) is 13.2 Å². The van der Waals surface area contributed by atoms with Gasteiger partial charge in [0, 0.05) is 30.4 Å². The van der Waals surface area contributed by atoms with Gasteiger partial charge in [-0.05, 0) is 48.9 Å². The molecule has 27 heavy (non-hydrogen) atoms. The maximum Gasteiger partial charge on any atom is 0.573 e. The van der Waals surface area contributed by atoms with Gasteiger partial charge in [-0.2, -0.15) is 5.10 Å². The highest BCUT2D eigenvalue weighted by atomic mass is 19.4. The van der Waals surface area contributed by atoms with Gasteiger partial charge in [-0.15, -0.1) is 13.2 Å². The fourth-order valence-corrected chi connectivity index (χ4v) is 2.98. The van der Waals surface area contributed by atoms with Crippen molar-refractivity contribution >= 4 is 11.0 Å². The number of aryl methyl sites for hydroxylation is 2. The lowest BCUT2D eigenvalue weighted by Crippen LogP contribution is -2.16. The summed E-state index contributed by atoms with van der Waals surface area (Å²) < 4.78 is 44.5. The third-order valence-electron chi connectivity index (χ3n) is 4.20. The predicted octanol–water partition coefficient (Wildman–Crippen LogP) is 4.63. The van der Waals surface area contributed by atoms with Gasteiger partial charge in [0.15, 0.2) is 0 Å². The number of aromatic nitrogens is 4. The third kappa shape index (κ3) is 3.38. The van der Waals surface area contributed by atoms with Crippen LogP contribution >= 0.6 is 0 Å². The lowest BCUT2D eigenvalue weighted by atomic mass is 10.1. The van der Waals surface area contributed by atoms with Crippen molar-refractivity contribution in [1.82, 2.24) is 19.3 Å². The minimum absolute atomic E-state index is 0.262. The first kappa shape index (κ1) is 17.1. The van der Waals surface area contributed by atoms with E-state index >= 15 is 0 Å². The fourth-order valence-electron chi connectivity index (χ4n) is 2.98. The molecule has 4 rings (SSSR count). The van der Waals surface area contributed by atoms with Gasteiger partial charge in [0.05, 0.1) is 17.6 Å². The number of pyridine rings is 1. The summed E-state index contributed by atoms with van der Waals surface area (Å²) >= 11 is 0. The summed E-state index contributed by atoms with van der Waals surface area (Å²) in [5.74, 6) is -0.262. The Morgan fingerprint density at radius 2 is 1.74 bits per heavy atom. The maximum atomic E-state index is 12.3. The molecule has 1 aromatic carbocycles. The van der Waals surface area contributed by atoms with E-state index in [1.54, 1.807) is 23.0 Å². The molecule has 5 nitrogen and oxygen atoms in total. The maximum absolute atomic E-state index is 12.3. The van der Waals surface area contributed by atoms with Crippen LogP contribution in [0.15, 0.2) is 55.0 Å². The van der Waals surface area contributed by atoms with Gasteiger partial charge in [0.1, 0.15) is 11.4 Å². The molecular weight excluding hydrogens is 357 g/mol. The number of rotatable bonds is 3. The van der Waals surface area contributed by atoms with Crippen LogP contribution in [0.2, 0.25) is 0 Å². The van der Waals surface area contributed by atoms with Gasteiger partial charge in [0.25, 0.3) is 0 Å². The Balaban J connectivity index is 1.75. The summed E-state index contributed by atoms with van der Waals surface area (Å²) in [5.41, 5.74) is 4.07. The molecule has 3 aromatic heterocycles. The molecule has 0 saturated heterocycles. The Hall–Kier alpha value is -3.29. The van der Waals surface area contributed by atoms with Crippen molar-refractivity contribution in [2.24, 2.45) is 7.05 Å². The second-order valence-corrected chi connectivity index (χ2v) is 6.19. The molecule has 0 aliphatic heterocycles. The Morgan fingerprint density at radius 3 is 2.37 bits per heavy atom. The largest absolute Gasteiger partial charge is 0.573 e. The first-order valence-corrected chi connectivity index (χ1v) is 8.14. The molecular formula is C19H15F3N4O. The average molecular weight is 372 g/mol. The Labute approximate surface area is 152 Å². The van der Waals surface area contributed by atoms with Crippen LogP contribution < -0.4 is 4.74 Å². The number of benzene rings is 1. The van der Waals surface area contributed by atoms with E-state index in [0.29, 0.717) is 11.3 Å². The van der Waals surface area contributed by atoms with Gasteiger partial charge >= 0.3 is 6.36 Å². The van der Waals surface area contributed by atoms with Crippen LogP contribution in [0.3, 0.4) is 0 Å². The number of fused-ring (bicyclic) bond motifs is 1. The van der Waals surface area contributed by atoms with E-state index in [-0.39, 0.29) is 5.75 Å². The summed E-state index contributed by atoms with van der Waals surface area (Å²) in [7, 11) is 1.84. The summed E-state index contributed by atoms with van der Waals surface area (Å²) in [6.45, 7) is 2.00. The van der Waals surface area contributed by atoms with Gasteiger partial charge < -0.3 is 4.74 Å². The number of halogens is 3. The summed E-state index contributed by atoms with van der Waals surface area (Å²) in [6, 6.07) is 9.47. The van der Waals surface area contributed by atoms with Crippen LogP contribution in [0.4, 0.5) is 13.2 Å². The predicted molar refractivity (Wildman–Crippen MR) is 94.7 cm³/mol. The first-order chi connectivity index (χ1) is 12.8.